The standard InChI is InChI=1S/C13H18O3S/c1-13(2,17-9-12(14)15-3)10-16-11-7-5-4-6-8-11/h4-8H,9-10H2,1-3H3. The third-order valence-electron chi connectivity index (χ3n) is 2.14. The highest BCUT2D eigenvalue weighted by atomic mass is 32.2. The Morgan fingerprint density at radius 2 is 1.94 bits per heavy atom. The van der Waals surface area contributed by atoms with Gasteiger partial charge >= 0.3 is 5.97 Å². The molecule has 0 amide bonds. The number of esters is 1. The van der Waals surface area contributed by atoms with Crippen molar-refractivity contribution in [1.82, 2.24) is 0 Å². The van der Waals surface area contributed by atoms with Crippen LogP contribution in [0.1, 0.15) is 13.8 Å². The Kier molecular flexibility index (Phi) is 5.35. The van der Waals surface area contributed by atoms with Gasteiger partial charge in [0, 0.05) is 4.75 Å². The van der Waals surface area contributed by atoms with Crippen LogP contribution in [0.3, 0.4) is 0 Å². The lowest BCUT2D eigenvalue weighted by atomic mass is 10.2. The number of carbonyl (C=O) groups excluding carboxylic acids is 1. The molecule has 17 heavy (non-hydrogen) atoms. The second kappa shape index (κ2) is 6.55. The van der Waals surface area contributed by atoms with Crippen LogP contribution < -0.4 is 4.74 Å². The van der Waals surface area contributed by atoms with Crippen molar-refractivity contribution in [3.05, 3.63) is 30.3 Å². The Balaban J connectivity index is 2.36. The summed E-state index contributed by atoms with van der Waals surface area (Å²) in [5.41, 5.74) is 0. The van der Waals surface area contributed by atoms with Crippen LogP contribution in [0.5, 0.6) is 5.75 Å². The van der Waals surface area contributed by atoms with Crippen molar-refractivity contribution in [2.24, 2.45) is 0 Å². The summed E-state index contributed by atoms with van der Waals surface area (Å²) in [7, 11) is 1.40. The number of benzene rings is 1. The van der Waals surface area contributed by atoms with Crippen LogP contribution in [0.4, 0.5) is 0 Å². The summed E-state index contributed by atoms with van der Waals surface area (Å²) in [6.45, 7) is 4.64. The van der Waals surface area contributed by atoms with Gasteiger partial charge in [-0.15, -0.1) is 11.8 Å². The number of ether oxygens (including phenoxy) is 2. The molecule has 0 N–H and O–H groups in total. The number of methoxy groups -OCH3 is 1. The molecule has 0 saturated carbocycles. The highest BCUT2D eigenvalue weighted by Crippen LogP contribution is 2.25. The first-order valence-corrected chi connectivity index (χ1v) is 6.41. The fourth-order valence-corrected chi connectivity index (χ4v) is 1.90. The van der Waals surface area contributed by atoms with Crippen LogP contribution in [-0.2, 0) is 9.53 Å². The number of rotatable bonds is 6. The molecule has 1 rings (SSSR count). The maximum Gasteiger partial charge on any atom is 0.315 e. The average molecular weight is 254 g/mol. The molecule has 0 heterocycles. The van der Waals surface area contributed by atoms with E-state index in [4.69, 9.17) is 4.74 Å². The van der Waals surface area contributed by atoms with Crippen LogP contribution in [-0.4, -0.2) is 30.2 Å². The van der Waals surface area contributed by atoms with E-state index in [1.807, 2.05) is 44.2 Å². The molecule has 0 aromatic heterocycles. The van der Waals surface area contributed by atoms with Crippen LogP contribution in [0, 0.1) is 0 Å². The van der Waals surface area contributed by atoms with Crippen molar-refractivity contribution in [3.8, 4) is 5.75 Å². The molecule has 0 spiro atoms. The van der Waals surface area contributed by atoms with Crippen molar-refractivity contribution in [3.63, 3.8) is 0 Å². The first kappa shape index (κ1) is 13.9. The number of hydrogen-bond acceptors (Lipinski definition) is 4. The third kappa shape index (κ3) is 5.63. The highest BCUT2D eigenvalue weighted by Gasteiger charge is 2.21. The molecular formula is C13H18O3S. The van der Waals surface area contributed by atoms with E-state index < -0.39 is 0 Å². The molecule has 4 heteroatoms. The smallest absolute Gasteiger partial charge is 0.315 e. The van der Waals surface area contributed by atoms with Gasteiger partial charge in [0.15, 0.2) is 0 Å². The van der Waals surface area contributed by atoms with E-state index in [2.05, 4.69) is 4.74 Å². The molecular weight excluding hydrogens is 236 g/mol. The summed E-state index contributed by atoms with van der Waals surface area (Å²) in [4.78, 5) is 11.0. The van der Waals surface area contributed by atoms with Gasteiger partial charge in [-0.05, 0) is 26.0 Å². The molecule has 0 atom stereocenters. The van der Waals surface area contributed by atoms with Crippen LogP contribution >= 0.6 is 11.8 Å². The predicted octanol–water partition coefficient (Wildman–Crippen LogP) is 2.75. The quantitative estimate of drug-likeness (QED) is 0.731. The van der Waals surface area contributed by atoms with Gasteiger partial charge in [0.1, 0.15) is 12.4 Å². The first-order chi connectivity index (χ1) is 8.03. The second-order valence-corrected chi connectivity index (χ2v) is 5.91. The van der Waals surface area contributed by atoms with Gasteiger partial charge in [0.2, 0.25) is 0 Å². The molecule has 0 fully saturated rings. The maximum atomic E-state index is 11.0. The maximum absolute atomic E-state index is 11.0. The predicted molar refractivity (Wildman–Crippen MR) is 70.5 cm³/mol. The van der Waals surface area contributed by atoms with Crippen LogP contribution in [0.2, 0.25) is 0 Å². The van der Waals surface area contributed by atoms with Gasteiger partial charge in [-0.25, -0.2) is 0 Å². The summed E-state index contributed by atoms with van der Waals surface area (Å²) >= 11 is 1.53. The molecule has 0 aliphatic rings. The molecule has 1 aromatic carbocycles. The molecule has 0 radical (unpaired) electrons. The molecule has 94 valence electrons. The lowest BCUT2D eigenvalue weighted by molar-refractivity contribution is -0.137. The Morgan fingerprint density at radius 1 is 1.29 bits per heavy atom. The van der Waals surface area contributed by atoms with Gasteiger partial charge in [0.05, 0.1) is 12.9 Å². The fraction of sp³-hybridized carbons (Fsp3) is 0.462. The monoisotopic (exact) mass is 254 g/mol. The number of thioether (sulfide) groups is 1. The fourth-order valence-electron chi connectivity index (χ4n) is 1.13. The second-order valence-electron chi connectivity index (χ2n) is 4.23. The van der Waals surface area contributed by atoms with Gasteiger partial charge < -0.3 is 9.47 Å². The minimum Gasteiger partial charge on any atom is -0.492 e. The SMILES string of the molecule is COC(=O)CSC(C)(C)COc1ccccc1. The van der Waals surface area contributed by atoms with Crippen molar-refractivity contribution in [2.45, 2.75) is 18.6 Å². The average Bonchev–Trinajstić information content (AvgIpc) is 2.35. The lowest BCUT2D eigenvalue weighted by Gasteiger charge is -2.23. The van der Waals surface area contributed by atoms with E-state index >= 15 is 0 Å². The van der Waals surface area contributed by atoms with E-state index in [1.54, 1.807) is 0 Å². The normalized spacial score (nSPS) is 11.0. The Hall–Kier alpha value is -1.16. The van der Waals surface area contributed by atoms with Gasteiger partial charge in [-0.1, -0.05) is 18.2 Å². The highest BCUT2D eigenvalue weighted by molar-refractivity contribution is 8.01. The van der Waals surface area contributed by atoms with E-state index in [1.165, 1.54) is 18.9 Å². The minimum atomic E-state index is -0.206. The zero-order valence-electron chi connectivity index (χ0n) is 10.4. The summed E-state index contributed by atoms with van der Waals surface area (Å²) in [5.74, 6) is 0.990. The van der Waals surface area contributed by atoms with Crippen molar-refractivity contribution < 1.29 is 14.3 Å². The van der Waals surface area contributed by atoms with E-state index in [9.17, 15) is 4.79 Å². The largest absolute Gasteiger partial charge is 0.492 e. The first-order valence-electron chi connectivity index (χ1n) is 5.42. The number of hydrogen-bond donors (Lipinski definition) is 0. The zero-order chi connectivity index (χ0) is 12.7. The minimum absolute atomic E-state index is 0.121. The number of para-hydroxylation sites is 1. The molecule has 1 aromatic rings. The van der Waals surface area contributed by atoms with Gasteiger partial charge in [-0.2, -0.15) is 0 Å². The van der Waals surface area contributed by atoms with Crippen LogP contribution in [0.25, 0.3) is 0 Å². The summed E-state index contributed by atoms with van der Waals surface area (Å²) < 4.78 is 10.2. The van der Waals surface area contributed by atoms with Crippen molar-refractivity contribution in [1.29, 1.82) is 0 Å². The van der Waals surface area contributed by atoms with Crippen molar-refractivity contribution >= 4 is 17.7 Å². The van der Waals surface area contributed by atoms with E-state index in [-0.39, 0.29) is 10.7 Å². The Labute approximate surface area is 106 Å². The summed E-state index contributed by atoms with van der Waals surface area (Å²) in [6.07, 6.45) is 0. The molecule has 0 aliphatic carbocycles. The lowest BCUT2D eigenvalue weighted by Crippen LogP contribution is -2.26. The topological polar surface area (TPSA) is 35.5 Å². The molecule has 0 unspecified atom stereocenters. The third-order valence-corrected chi connectivity index (χ3v) is 3.42. The van der Waals surface area contributed by atoms with Gasteiger partial charge in [0.25, 0.3) is 0 Å². The molecule has 0 aliphatic heterocycles. The molecule has 0 saturated heterocycles. The van der Waals surface area contributed by atoms with Crippen molar-refractivity contribution in [2.75, 3.05) is 19.5 Å². The van der Waals surface area contributed by atoms with E-state index in [0.717, 1.165) is 5.75 Å². The Bertz CT molecular complexity index is 349. The zero-order valence-corrected chi connectivity index (χ0v) is 11.3. The van der Waals surface area contributed by atoms with E-state index in [0.29, 0.717) is 12.4 Å². The summed E-state index contributed by atoms with van der Waals surface area (Å²) in [6, 6.07) is 9.65. The van der Waals surface area contributed by atoms with Gasteiger partial charge in [-0.3, -0.25) is 4.79 Å². The van der Waals surface area contributed by atoms with Crippen LogP contribution in [0.15, 0.2) is 30.3 Å². The molecule has 3 nitrogen and oxygen atoms in total. The molecule has 0 bridgehead atoms. The summed E-state index contributed by atoms with van der Waals surface area (Å²) in [5, 5.41) is 0. The Morgan fingerprint density at radius 3 is 2.53 bits per heavy atom. The number of carbonyl (C=O) groups is 1.